The summed E-state index contributed by atoms with van der Waals surface area (Å²) in [5.74, 6) is 0.393. The van der Waals surface area contributed by atoms with Crippen LogP contribution < -0.4 is 10.2 Å². The van der Waals surface area contributed by atoms with Gasteiger partial charge in [-0.25, -0.2) is 4.98 Å². The summed E-state index contributed by atoms with van der Waals surface area (Å²) in [5, 5.41) is 2.89. The summed E-state index contributed by atoms with van der Waals surface area (Å²) in [6.07, 6.45) is 2.09. The van der Waals surface area contributed by atoms with E-state index in [9.17, 15) is 4.79 Å². The molecule has 0 unspecified atom stereocenters. The first-order valence-electron chi connectivity index (χ1n) is 7.68. The minimum absolute atomic E-state index is 0.190. The molecule has 5 nitrogen and oxygen atoms in total. The average molecular weight is 301 g/mol. The van der Waals surface area contributed by atoms with Crippen molar-refractivity contribution in [1.82, 2.24) is 10.3 Å². The SMILES string of the molecule is CCc1nc(C(=O)NCCN(CC)c2ccccc2C)co1. The summed E-state index contributed by atoms with van der Waals surface area (Å²) in [7, 11) is 0. The minimum atomic E-state index is -0.190. The van der Waals surface area contributed by atoms with Gasteiger partial charge in [-0.1, -0.05) is 25.1 Å². The molecule has 0 saturated heterocycles. The summed E-state index contributed by atoms with van der Waals surface area (Å²) in [6, 6.07) is 8.26. The lowest BCUT2D eigenvalue weighted by Crippen LogP contribution is -2.35. The van der Waals surface area contributed by atoms with Crippen molar-refractivity contribution in [2.75, 3.05) is 24.5 Å². The number of aryl methyl sites for hydroxylation is 2. The Labute approximate surface area is 131 Å². The van der Waals surface area contributed by atoms with Gasteiger partial charge in [0.1, 0.15) is 6.26 Å². The lowest BCUT2D eigenvalue weighted by Gasteiger charge is -2.24. The standard InChI is InChI=1S/C17H23N3O2/c1-4-16-19-14(12-22-16)17(21)18-10-11-20(5-2)15-9-7-6-8-13(15)3/h6-9,12H,4-5,10-11H2,1-3H3,(H,18,21). The van der Waals surface area contributed by atoms with Crippen LogP contribution in [0.5, 0.6) is 0 Å². The molecule has 1 N–H and O–H groups in total. The number of carbonyl (C=O) groups excluding carboxylic acids is 1. The van der Waals surface area contributed by atoms with Gasteiger partial charge in [-0.15, -0.1) is 0 Å². The van der Waals surface area contributed by atoms with Crippen molar-refractivity contribution in [2.24, 2.45) is 0 Å². The van der Waals surface area contributed by atoms with Gasteiger partial charge in [-0.05, 0) is 25.5 Å². The highest BCUT2D eigenvalue weighted by Gasteiger charge is 2.12. The number of amides is 1. The van der Waals surface area contributed by atoms with Gasteiger partial charge in [0.15, 0.2) is 11.6 Å². The zero-order chi connectivity index (χ0) is 15.9. The van der Waals surface area contributed by atoms with E-state index in [1.807, 2.05) is 19.1 Å². The van der Waals surface area contributed by atoms with E-state index in [1.54, 1.807) is 0 Å². The third kappa shape index (κ3) is 3.87. The molecule has 0 spiro atoms. The zero-order valence-corrected chi connectivity index (χ0v) is 13.4. The first-order valence-corrected chi connectivity index (χ1v) is 7.68. The fourth-order valence-electron chi connectivity index (χ4n) is 2.34. The van der Waals surface area contributed by atoms with Gasteiger partial charge in [0.25, 0.3) is 5.91 Å². The Morgan fingerprint density at radius 1 is 1.32 bits per heavy atom. The Bertz CT molecular complexity index is 622. The fraction of sp³-hybridized carbons (Fsp3) is 0.412. The van der Waals surface area contributed by atoms with Crippen molar-refractivity contribution in [3.05, 3.63) is 47.7 Å². The van der Waals surface area contributed by atoms with E-state index in [1.165, 1.54) is 17.5 Å². The van der Waals surface area contributed by atoms with Gasteiger partial charge in [0, 0.05) is 31.7 Å². The van der Waals surface area contributed by atoms with Crippen LogP contribution in [0.3, 0.4) is 0 Å². The van der Waals surface area contributed by atoms with Gasteiger partial charge in [-0.2, -0.15) is 0 Å². The molecule has 0 fully saturated rings. The van der Waals surface area contributed by atoms with Crippen LogP contribution in [0.1, 0.15) is 35.8 Å². The number of hydrogen-bond donors (Lipinski definition) is 1. The number of nitrogens with zero attached hydrogens (tertiary/aromatic N) is 2. The van der Waals surface area contributed by atoms with Crippen LogP contribution in [0.25, 0.3) is 0 Å². The predicted octanol–water partition coefficient (Wildman–Crippen LogP) is 2.80. The Balaban J connectivity index is 1.89. The highest BCUT2D eigenvalue weighted by Crippen LogP contribution is 2.18. The molecule has 5 heteroatoms. The van der Waals surface area contributed by atoms with Crippen LogP contribution in [-0.2, 0) is 6.42 Å². The quantitative estimate of drug-likeness (QED) is 0.854. The summed E-state index contributed by atoms with van der Waals surface area (Å²) < 4.78 is 5.19. The highest BCUT2D eigenvalue weighted by atomic mass is 16.3. The molecular weight excluding hydrogens is 278 g/mol. The lowest BCUT2D eigenvalue weighted by atomic mass is 10.2. The molecule has 0 bridgehead atoms. The van der Waals surface area contributed by atoms with Crippen molar-refractivity contribution in [3.63, 3.8) is 0 Å². The lowest BCUT2D eigenvalue weighted by molar-refractivity contribution is 0.0949. The second-order valence-corrected chi connectivity index (χ2v) is 5.10. The molecule has 1 aromatic carbocycles. The molecule has 1 amide bonds. The maximum Gasteiger partial charge on any atom is 0.273 e. The van der Waals surface area contributed by atoms with E-state index in [0.29, 0.717) is 24.6 Å². The topological polar surface area (TPSA) is 58.4 Å². The number of para-hydroxylation sites is 1. The van der Waals surface area contributed by atoms with Crippen molar-refractivity contribution in [2.45, 2.75) is 27.2 Å². The highest BCUT2D eigenvalue weighted by molar-refractivity contribution is 5.91. The van der Waals surface area contributed by atoms with Crippen LogP contribution in [0.15, 0.2) is 34.9 Å². The number of likely N-dealkylation sites (N-methyl/N-ethyl adjacent to an activating group) is 1. The molecule has 118 valence electrons. The zero-order valence-electron chi connectivity index (χ0n) is 13.4. The van der Waals surface area contributed by atoms with Crippen LogP contribution in [-0.4, -0.2) is 30.5 Å². The number of oxazole rings is 1. The second kappa shape index (κ2) is 7.64. The van der Waals surface area contributed by atoms with Crippen molar-refractivity contribution < 1.29 is 9.21 Å². The Hall–Kier alpha value is -2.30. The molecule has 1 aromatic heterocycles. The van der Waals surface area contributed by atoms with Gasteiger partial charge in [0.2, 0.25) is 0 Å². The molecule has 0 radical (unpaired) electrons. The maximum atomic E-state index is 12.0. The Kier molecular flexibility index (Phi) is 5.58. The molecule has 0 saturated carbocycles. The minimum Gasteiger partial charge on any atom is -0.448 e. The molecule has 0 aliphatic carbocycles. The van der Waals surface area contributed by atoms with Crippen molar-refractivity contribution >= 4 is 11.6 Å². The van der Waals surface area contributed by atoms with E-state index in [4.69, 9.17) is 4.42 Å². The van der Waals surface area contributed by atoms with Crippen LogP contribution >= 0.6 is 0 Å². The van der Waals surface area contributed by atoms with Gasteiger partial charge in [-0.3, -0.25) is 4.79 Å². The number of aromatic nitrogens is 1. The normalized spacial score (nSPS) is 10.5. The van der Waals surface area contributed by atoms with E-state index >= 15 is 0 Å². The fourth-order valence-corrected chi connectivity index (χ4v) is 2.34. The number of benzene rings is 1. The van der Waals surface area contributed by atoms with Crippen molar-refractivity contribution in [1.29, 1.82) is 0 Å². The molecular formula is C17H23N3O2. The summed E-state index contributed by atoms with van der Waals surface area (Å²) >= 11 is 0. The largest absolute Gasteiger partial charge is 0.448 e. The maximum absolute atomic E-state index is 12.0. The third-order valence-electron chi connectivity index (χ3n) is 3.59. The smallest absolute Gasteiger partial charge is 0.273 e. The van der Waals surface area contributed by atoms with Crippen LogP contribution in [0.4, 0.5) is 5.69 Å². The number of carbonyl (C=O) groups is 1. The molecule has 0 aliphatic rings. The molecule has 0 atom stereocenters. The average Bonchev–Trinajstić information content (AvgIpc) is 3.01. The van der Waals surface area contributed by atoms with Gasteiger partial charge >= 0.3 is 0 Å². The van der Waals surface area contributed by atoms with E-state index in [2.05, 4.69) is 41.2 Å². The Morgan fingerprint density at radius 3 is 2.73 bits per heavy atom. The van der Waals surface area contributed by atoms with Crippen LogP contribution in [0.2, 0.25) is 0 Å². The Morgan fingerprint density at radius 2 is 2.09 bits per heavy atom. The molecule has 2 rings (SSSR count). The van der Waals surface area contributed by atoms with E-state index < -0.39 is 0 Å². The summed E-state index contributed by atoms with van der Waals surface area (Å²) in [6.45, 7) is 8.36. The molecule has 1 heterocycles. The van der Waals surface area contributed by atoms with Crippen LogP contribution in [0, 0.1) is 6.92 Å². The summed E-state index contributed by atoms with van der Waals surface area (Å²) in [4.78, 5) is 18.4. The monoisotopic (exact) mass is 301 g/mol. The van der Waals surface area contributed by atoms with Crippen molar-refractivity contribution in [3.8, 4) is 0 Å². The second-order valence-electron chi connectivity index (χ2n) is 5.10. The third-order valence-corrected chi connectivity index (χ3v) is 3.59. The number of rotatable bonds is 7. The first kappa shape index (κ1) is 16.1. The predicted molar refractivity (Wildman–Crippen MR) is 87.3 cm³/mol. The molecule has 2 aromatic rings. The molecule has 0 aliphatic heterocycles. The van der Waals surface area contributed by atoms with E-state index in [-0.39, 0.29) is 5.91 Å². The molecule has 22 heavy (non-hydrogen) atoms. The number of hydrogen-bond acceptors (Lipinski definition) is 4. The van der Waals surface area contributed by atoms with E-state index in [0.717, 1.165) is 13.1 Å². The number of nitrogens with one attached hydrogen (secondary N) is 1. The summed E-state index contributed by atoms with van der Waals surface area (Å²) in [5.41, 5.74) is 2.78. The van der Waals surface area contributed by atoms with Gasteiger partial charge < -0.3 is 14.6 Å². The first-order chi connectivity index (χ1) is 10.7. The van der Waals surface area contributed by atoms with Gasteiger partial charge in [0.05, 0.1) is 0 Å². The number of anilines is 1.